The van der Waals surface area contributed by atoms with Crippen molar-refractivity contribution in [2.24, 2.45) is 0 Å². The minimum absolute atomic E-state index is 0.0694. The molecule has 0 atom stereocenters. The highest BCUT2D eigenvalue weighted by Crippen LogP contribution is 2.25. The Morgan fingerprint density at radius 3 is 2.79 bits per heavy atom. The Bertz CT molecular complexity index is 444. The quantitative estimate of drug-likeness (QED) is 0.849. The van der Waals surface area contributed by atoms with Crippen LogP contribution in [0.25, 0.3) is 0 Å². The van der Waals surface area contributed by atoms with Gasteiger partial charge in [0.1, 0.15) is 4.88 Å². The van der Waals surface area contributed by atoms with Gasteiger partial charge in [-0.15, -0.1) is 5.10 Å². The second-order valence-electron chi connectivity index (χ2n) is 5.12. The van der Waals surface area contributed by atoms with E-state index in [2.05, 4.69) is 30.8 Å². The Hall–Kier alpha value is -0.530. The third kappa shape index (κ3) is 3.32. The van der Waals surface area contributed by atoms with Crippen LogP contribution in [0, 0.1) is 0 Å². The molecule has 1 N–H and O–H groups in total. The maximum atomic E-state index is 12.4. The van der Waals surface area contributed by atoms with Crippen LogP contribution in [0.15, 0.2) is 0 Å². The summed E-state index contributed by atoms with van der Waals surface area (Å²) < 4.78 is 9.27. The monoisotopic (exact) mass is 347 g/mol. The maximum absolute atomic E-state index is 12.4. The molecule has 1 aliphatic rings. The van der Waals surface area contributed by atoms with Gasteiger partial charge in [-0.1, -0.05) is 34.3 Å². The summed E-state index contributed by atoms with van der Waals surface area (Å²) in [6, 6.07) is 0. The number of hydrogen-bond donors (Lipinski definition) is 1. The number of amides is 1. The predicted octanol–water partition coefficient (Wildman–Crippen LogP) is 2.34. The van der Waals surface area contributed by atoms with E-state index in [0.29, 0.717) is 18.1 Å². The minimum atomic E-state index is -0.215. The molecule has 2 heterocycles. The van der Waals surface area contributed by atoms with Crippen LogP contribution in [0.3, 0.4) is 0 Å². The molecule has 1 amide bonds. The zero-order chi connectivity index (χ0) is 13.9. The second kappa shape index (κ2) is 6.28. The Kier molecular flexibility index (Phi) is 4.92. The molecular formula is C12H18BrN3O2S. The third-order valence-corrected chi connectivity index (χ3v) is 5.16. The van der Waals surface area contributed by atoms with Gasteiger partial charge in [-0.05, 0) is 30.3 Å². The second-order valence-corrected chi connectivity index (χ2v) is 6.44. The fraction of sp³-hybridized carbons (Fsp3) is 0.750. The molecule has 0 aliphatic carbocycles. The molecule has 0 spiro atoms. The van der Waals surface area contributed by atoms with Crippen LogP contribution in [-0.2, 0) is 4.74 Å². The lowest BCUT2D eigenvalue weighted by molar-refractivity contribution is 0.0443. The van der Waals surface area contributed by atoms with E-state index >= 15 is 0 Å². The van der Waals surface area contributed by atoms with Crippen LogP contribution in [0.5, 0.6) is 0 Å². The molecule has 0 radical (unpaired) electrons. The van der Waals surface area contributed by atoms with Crippen molar-refractivity contribution in [2.75, 3.05) is 18.5 Å². The van der Waals surface area contributed by atoms with E-state index in [1.165, 1.54) is 0 Å². The van der Waals surface area contributed by atoms with Gasteiger partial charge in [0, 0.05) is 18.5 Å². The van der Waals surface area contributed by atoms with Crippen molar-refractivity contribution in [3.05, 3.63) is 10.6 Å². The number of rotatable bonds is 4. The molecule has 1 aromatic rings. The number of ether oxygens (including phenoxy) is 1. The zero-order valence-corrected chi connectivity index (χ0v) is 13.5. The number of carbonyl (C=O) groups excluding carboxylic acids is 1. The molecule has 1 saturated heterocycles. The first kappa shape index (κ1) is 14.9. The van der Waals surface area contributed by atoms with Gasteiger partial charge in [-0.3, -0.25) is 4.79 Å². The molecule has 1 aliphatic heterocycles. The lowest BCUT2D eigenvalue weighted by atomic mass is 9.92. The molecule has 1 fully saturated rings. The van der Waals surface area contributed by atoms with Gasteiger partial charge in [-0.25, -0.2) is 0 Å². The van der Waals surface area contributed by atoms with Crippen molar-refractivity contribution in [1.29, 1.82) is 0 Å². The van der Waals surface area contributed by atoms with E-state index in [1.54, 1.807) is 0 Å². The van der Waals surface area contributed by atoms with Gasteiger partial charge >= 0.3 is 0 Å². The van der Waals surface area contributed by atoms with Gasteiger partial charge in [0.2, 0.25) is 0 Å². The third-order valence-electron chi connectivity index (χ3n) is 3.35. The Morgan fingerprint density at radius 1 is 1.53 bits per heavy atom. The molecule has 1 aromatic heterocycles. The molecule has 0 bridgehead atoms. The van der Waals surface area contributed by atoms with Gasteiger partial charge in [-0.2, -0.15) is 0 Å². The highest BCUT2D eigenvalue weighted by atomic mass is 79.9. The smallest absolute Gasteiger partial charge is 0.265 e. The largest absolute Gasteiger partial charge is 0.381 e. The SMILES string of the molecule is CC(C)c1nnsc1C(=O)NC1(CBr)CCOCC1. The normalized spacial score (nSPS) is 18.5. The van der Waals surface area contributed by atoms with E-state index in [0.717, 1.165) is 35.4 Å². The van der Waals surface area contributed by atoms with E-state index in [4.69, 9.17) is 4.74 Å². The average molecular weight is 348 g/mol. The van der Waals surface area contributed by atoms with Crippen molar-refractivity contribution < 1.29 is 9.53 Å². The van der Waals surface area contributed by atoms with Crippen LogP contribution in [0.1, 0.15) is 48.0 Å². The highest BCUT2D eigenvalue weighted by molar-refractivity contribution is 9.09. The first-order valence-corrected chi connectivity index (χ1v) is 8.26. The number of hydrogen-bond acceptors (Lipinski definition) is 5. The number of nitrogens with zero attached hydrogens (tertiary/aromatic N) is 2. The molecule has 2 rings (SSSR count). The predicted molar refractivity (Wildman–Crippen MR) is 78.0 cm³/mol. The van der Waals surface area contributed by atoms with Crippen molar-refractivity contribution >= 4 is 33.4 Å². The van der Waals surface area contributed by atoms with Gasteiger partial charge in [0.15, 0.2) is 0 Å². The Balaban J connectivity index is 2.13. The minimum Gasteiger partial charge on any atom is -0.381 e. The lowest BCUT2D eigenvalue weighted by Crippen LogP contribution is -2.53. The molecular weight excluding hydrogens is 330 g/mol. The van der Waals surface area contributed by atoms with E-state index in [9.17, 15) is 4.79 Å². The molecule has 0 aromatic carbocycles. The molecule has 0 saturated carbocycles. The molecule has 5 nitrogen and oxygen atoms in total. The highest BCUT2D eigenvalue weighted by Gasteiger charge is 2.34. The van der Waals surface area contributed by atoms with Crippen LogP contribution in [0.4, 0.5) is 0 Å². The van der Waals surface area contributed by atoms with E-state index in [1.807, 2.05) is 13.8 Å². The lowest BCUT2D eigenvalue weighted by Gasteiger charge is -2.36. The zero-order valence-electron chi connectivity index (χ0n) is 11.1. The summed E-state index contributed by atoms with van der Waals surface area (Å²) in [7, 11) is 0. The Morgan fingerprint density at radius 2 is 2.21 bits per heavy atom. The summed E-state index contributed by atoms with van der Waals surface area (Å²) in [5.74, 6) is 0.133. The van der Waals surface area contributed by atoms with Gasteiger partial charge in [0.25, 0.3) is 5.91 Å². The van der Waals surface area contributed by atoms with E-state index in [-0.39, 0.29) is 17.4 Å². The topological polar surface area (TPSA) is 64.1 Å². The van der Waals surface area contributed by atoms with Crippen LogP contribution in [-0.4, -0.2) is 39.6 Å². The molecule has 19 heavy (non-hydrogen) atoms. The van der Waals surface area contributed by atoms with Crippen LogP contribution < -0.4 is 5.32 Å². The van der Waals surface area contributed by atoms with Crippen molar-refractivity contribution in [3.63, 3.8) is 0 Å². The maximum Gasteiger partial charge on any atom is 0.265 e. The average Bonchev–Trinajstić information content (AvgIpc) is 2.89. The van der Waals surface area contributed by atoms with Crippen LogP contribution in [0.2, 0.25) is 0 Å². The summed E-state index contributed by atoms with van der Waals surface area (Å²) in [4.78, 5) is 13.0. The van der Waals surface area contributed by atoms with Gasteiger partial charge in [0.05, 0.1) is 11.2 Å². The Labute approximate surface area is 125 Å². The number of halogens is 1. The molecule has 7 heteroatoms. The van der Waals surface area contributed by atoms with Crippen molar-refractivity contribution in [2.45, 2.75) is 38.1 Å². The first-order valence-electron chi connectivity index (χ1n) is 6.36. The molecule has 106 valence electrons. The van der Waals surface area contributed by atoms with Crippen molar-refractivity contribution in [1.82, 2.24) is 14.9 Å². The number of nitrogens with one attached hydrogen (secondary N) is 1. The summed E-state index contributed by atoms with van der Waals surface area (Å²) in [6.45, 7) is 5.40. The first-order chi connectivity index (χ1) is 9.08. The molecule has 0 unspecified atom stereocenters. The van der Waals surface area contributed by atoms with Crippen LogP contribution >= 0.6 is 27.5 Å². The number of aromatic nitrogens is 2. The summed E-state index contributed by atoms with van der Waals surface area (Å²) in [5.41, 5.74) is 0.562. The number of carbonyl (C=O) groups is 1. The summed E-state index contributed by atoms with van der Waals surface area (Å²) in [5, 5.41) is 7.93. The summed E-state index contributed by atoms with van der Waals surface area (Å²) >= 11 is 4.67. The number of alkyl halides is 1. The van der Waals surface area contributed by atoms with Gasteiger partial charge < -0.3 is 10.1 Å². The van der Waals surface area contributed by atoms with E-state index < -0.39 is 0 Å². The fourth-order valence-electron chi connectivity index (χ4n) is 2.08. The van der Waals surface area contributed by atoms with Crippen molar-refractivity contribution in [3.8, 4) is 0 Å². The summed E-state index contributed by atoms with van der Waals surface area (Å²) in [6.07, 6.45) is 1.65. The standard InChI is InChI=1S/C12H18BrN3O2S/c1-8(2)9-10(19-16-15-9)11(17)14-12(7-13)3-5-18-6-4-12/h8H,3-7H2,1-2H3,(H,14,17). The fourth-order valence-corrected chi connectivity index (χ4v) is 3.50.